The van der Waals surface area contributed by atoms with Crippen LogP contribution in [0, 0.1) is 0 Å². The van der Waals surface area contributed by atoms with Crippen LogP contribution in [0.15, 0.2) is 46.9 Å². The van der Waals surface area contributed by atoms with E-state index in [-0.39, 0.29) is 6.61 Å². The molecule has 0 aliphatic heterocycles. The predicted molar refractivity (Wildman–Crippen MR) is 90.2 cm³/mol. The Morgan fingerprint density at radius 3 is 2.28 bits per heavy atom. The second-order valence-corrected chi connectivity index (χ2v) is 5.01. The molecule has 0 N–H and O–H groups in total. The zero-order chi connectivity index (χ0) is 17.6. The Labute approximate surface area is 145 Å². The molecule has 25 heavy (non-hydrogen) atoms. The van der Waals surface area contributed by atoms with Crippen molar-refractivity contribution in [2.75, 3.05) is 21.3 Å². The van der Waals surface area contributed by atoms with Gasteiger partial charge in [0, 0.05) is 5.56 Å². The van der Waals surface area contributed by atoms with Gasteiger partial charge < -0.3 is 23.4 Å². The van der Waals surface area contributed by atoms with E-state index in [0.717, 1.165) is 11.3 Å². The molecule has 0 aliphatic rings. The number of hydrogen-bond acceptors (Lipinski definition) is 7. The molecule has 0 saturated carbocycles. The average Bonchev–Trinajstić information content (AvgIpc) is 3.15. The number of rotatable bonds is 7. The van der Waals surface area contributed by atoms with Gasteiger partial charge in [0.1, 0.15) is 5.75 Å². The predicted octanol–water partition coefficient (Wildman–Crippen LogP) is 3.34. The Hall–Kier alpha value is -3.22. The van der Waals surface area contributed by atoms with E-state index in [4.69, 9.17) is 23.4 Å². The fourth-order valence-corrected chi connectivity index (χ4v) is 2.27. The van der Waals surface area contributed by atoms with Crippen LogP contribution in [0.5, 0.6) is 23.0 Å². The van der Waals surface area contributed by atoms with Gasteiger partial charge in [-0.2, -0.15) is 0 Å². The molecule has 0 bridgehead atoms. The van der Waals surface area contributed by atoms with Gasteiger partial charge in [-0.3, -0.25) is 0 Å². The average molecular weight is 342 g/mol. The fourth-order valence-electron chi connectivity index (χ4n) is 2.27. The third kappa shape index (κ3) is 3.65. The molecule has 3 rings (SSSR count). The largest absolute Gasteiger partial charge is 0.497 e. The van der Waals surface area contributed by atoms with Crippen LogP contribution in [-0.4, -0.2) is 31.5 Å². The Kier molecular flexibility index (Phi) is 5.03. The van der Waals surface area contributed by atoms with Gasteiger partial charge in [0.15, 0.2) is 18.1 Å². The summed E-state index contributed by atoms with van der Waals surface area (Å²) < 4.78 is 27.1. The quantitative estimate of drug-likeness (QED) is 0.652. The highest BCUT2D eigenvalue weighted by Gasteiger charge is 2.13. The first-order chi connectivity index (χ1) is 12.2. The zero-order valence-electron chi connectivity index (χ0n) is 14.2. The fraction of sp³-hybridized carbons (Fsp3) is 0.222. The van der Waals surface area contributed by atoms with E-state index >= 15 is 0 Å². The molecular weight excluding hydrogens is 324 g/mol. The van der Waals surface area contributed by atoms with Crippen molar-refractivity contribution in [1.29, 1.82) is 0 Å². The van der Waals surface area contributed by atoms with Gasteiger partial charge in [0.25, 0.3) is 5.89 Å². The number of ether oxygens (including phenoxy) is 4. The normalized spacial score (nSPS) is 10.4. The SMILES string of the molecule is COc1ccc(-c2nnc(COc3cccc(OC)c3OC)o2)cc1. The lowest BCUT2D eigenvalue weighted by Crippen LogP contribution is -1.99. The highest BCUT2D eigenvalue weighted by Crippen LogP contribution is 2.37. The third-order valence-corrected chi connectivity index (χ3v) is 3.52. The first kappa shape index (κ1) is 16.6. The van der Waals surface area contributed by atoms with E-state index in [2.05, 4.69) is 10.2 Å². The molecule has 0 fully saturated rings. The van der Waals surface area contributed by atoms with Crippen LogP contribution in [0.1, 0.15) is 5.89 Å². The van der Waals surface area contributed by atoms with Gasteiger partial charge in [-0.05, 0) is 36.4 Å². The van der Waals surface area contributed by atoms with Crippen molar-refractivity contribution >= 4 is 0 Å². The van der Waals surface area contributed by atoms with Crippen molar-refractivity contribution in [3.8, 4) is 34.5 Å². The molecule has 130 valence electrons. The Bertz CT molecular complexity index is 830. The Morgan fingerprint density at radius 1 is 0.840 bits per heavy atom. The van der Waals surface area contributed by atoms with Gasteiger partial charge in [-0.15, -0.1) is 10.2 Å². The second kappa shape index (κ2) is 7.57. The smallest absolute Gasteiger partial charge is 0.254 e. The molecule has 1 heterocycles. The molecule has 3 aromatic rings. The lowest BCUT2D eigenvalue weighted by atomic mass is 10.2. The van der Waals surface area contributed by atoms with Gasteiger partial charge in [0.05, 0.1) is 21.3 Å². The van der Waals surface area contributed by atoms with Crippen molar-refractivity contribution in [2.24, 2.45) is 0 Å². The summed E-state index contributed by atoms with van der Waals surface area (Å²) >= 11 is 0. The lowest BCUT2D eigenvalue weighted by Gasteiger charge is -2.12. The molecular formula is C18H18N2O5. The topological polar surface area (TPSA) is 75.8 Å². The molecule has 0 radical (unpaired) electrons. The molecule has 0 spiro atoms. The summed E-state index contributed by atoms with van der Waals surface area (Å²) in [5, 5.41) is 8.04. The monoisotopic (exact) mass is 342 g/mol. The molecule has 1 aromatic heterocycles. The maximum absolute atomic E-state index is 5.72. The van der Waals surface area contributed by atoms with Crippen LogP contribution in [-0.2, 0) is 6.61 Å². The summed E-state index contributed by atoms with van der Waals surface area (Å²) in [4.78, 5) is 0. The van der Waals surface area contributed by atoms with E-state index in [1.165, 1.54) is 0 Å². The van der Waals surface area contributed by atoms with Crippen molar-refractivity contribution in [1.82, 2.24) is 10.2 Å². The summed E-state index contributed by atoms with van der Waals surface area (Å²) in [5.74, 6) is 3.17. The van der Waals surface area contributed by atoms with Gasteiger partial charge in [-0.1, -0.05) is 6.07 Å². The number of benzene rings is 2. The second-order valence-electron chi connectivity index (χ2n) is 5.01. The Balaban J connectivity index is 1.72. The van der Waals surface area contributed by atoms with Crippen LogP contribution < -0.4 is 18.9 Å². The van der Waals surface area contributed by atoms with Gasteiger partial charge in [0.2, 0.25) is 11.6 Å². The maximum Gasteiger partial charge on any atom is 0.254 e. The molecule has 0 aliphatic carbocycles. The van der Waals surface area contributed by atoms with Crippen LogP contribution in [0.2, 0.25) is 0 Å². The standard InChI is InChI=1S/C18H18N2O5/c1-21-13-9-7-12(8-10-13)18-20-19-16(25-18)11-24-15-6-4-5-14(22-2)17(15)23-3/h4-10H,11H2,1-3H3. The summed E-state index contributed by atoms with van der Waals surface area (Å²) in [6.07, 6.45) is 0. The lowest BCUT2D eigenvalue weighted by molar-refractivity contribution is 0.246. The first-order valence-corrected chi connectivity index (χ1v) is 7.55. The minimum atomic E-state index is 0.118. The molecule has 0 amide bonds. The zero-order valence-corrected chi connectivity index (χ0v) is 14.2. The minimum Gasteiger partial charge on any atom is -0.497 e. The van der Waals surface area contributed by atoms with Gasteiger partial charge in [-0.25, -0.2) is 0 Å². The minimum absolute atomic E-state index is 0.118. The number of para-hydroxylation sites is 1. The summed E-state index contributed by atoms with van der Waals surface area (Å²) in [7, 11) is 4.74. The molecule has 0 unspecified atom stereocenters. The molecule has 7 nitrogen and oxygen atoms in total. The Morgan fingerprint density at radius 2 is 1.60 bits per heavy atom. The van der Waals surface area contributed by atoms with Crippen LogP contribution in [0.25, 0.3) is 11.5 Å². The molecule has 0 saturated heterocycles. The van der Waals surface area contributed by atoms with Crippen molar-refractivity contribution in [3.05, 3.63) is 48.4 Å². The summed E-state index contributed by atoms with van der Waals surface area (Å²) in [5.41, 5.74) is 0.804. The molecule has 2 aromatic carbocycles. The van der Waals surface area contributed by atoms with Crippen molar-refractivity contribution in [3.63, 3.8) is 0 Å². The molecule has 7 heteroatoms. The number of aromatic nitrogens is 2. The maximum atomic E-state index is 5.72. The van der Waals surface area contributed by atoms with Crippen LogP contribution in [0.4, 0.5) is 0 Å². The molecule has 0 atom stereocenters. The number of methoxy groups -OCH3 is 3. The summed E-state index contributed by atoms with van der Waals surface area (Å²) in [6, 6.07) is 12.7. The van der Waals surface area contributed by atoms with Crippen molar-refractivity contribution < 1.29 is 23.4 Å². The third-order valence-electron chi connectivity index (χ3n) is 3.52. The van der Waals surface area contributed by atoms with Crippen molar-refractivity contribution in [2.45, 2.75) is 6.61 Å². The van der Waals surface area contributed by atoms with E-state index in [1.807, 2.05) is 30.3 Å². The van der Waals surface area contributed by atoms with E-state index in [0.29, 0.717) is 29.0 Å². The summed E-state index contributed by atoms with van der Waals surface area (Å²) in [6.45, 7) is 0.118. The highest BCUT2D eigenvalue weighted by molar-refractivity contribution is 5.54. The van der Waals surface area contributed by atoms with Crippen LogP contribution >= 0.6 is 0 Å². The van der Waals surface area contributed by atoms with E-state index < -0.39 is 0 Å². The highest BCUT2D eigenvalue weighted by atomic mass is 16.5. The van der Waals surface area contributed by atoms with E-state index in [9.17, 15) is 0 Å². The number of hydrogen-bond donors (Lipinski definition) is 0. The number of nitrogens with zero attached hydrogens (tertiary/aromatic N) is 2. The van der Waals surface area contributed by atoms with Gasteiger partial charge >= 0.3 is 0 Å². The van der Waals surface area contributed by atoms with E-state index in [1.54, 1.807) is 33.5 Å². The first-order valence-electron chi connectivity index (χ1n) is 7.55. The van der Waals surface area contributed by atoms with Crippen LogP contribution in [0.3, 0.4) is 0 Å².